The Morgan fingerprint density at radius 2 is 1.83 bits per heavy atom. The van der Waals surface area contributed by atoms with Crippen molar-refractivity contribution < 1.29 is 23.5 Å². The highest BCUT2D eigenvalue weighted by atomic mass is 32.2. The van der Waals surface area contributed by atoms with Crippen LogP contribution >= 0.6 is 11.8 Å². The molecule has 0 aliphatic carbocycles. The summed E-state index contributed by atoms with van der Waals surface area (Å²) in [5, 5.41) is 2.30. The summed E-state index contributed by atoms with van der Waals surface area (Å²) in [5.41, 5.74) is 1.46. The molecule has 3 amide bonds. The van der Waals surface area contributed by atoms with Gasteiger partial charge in [-0.2, -0.15) is 0 Å². The first-order valence-corrected chi connectivity index (χ1v) is 9.68. The zero-order valence-corrected chi connectivity index (χ0v) is 16.5. The molecule has 0 spiro atoms. The standard InChI is InChI=1S/C21H19FN2O4S/c1-28-17-8-4-14(5-9-17)12-18-20(26)24(21(27)29-18)11-10-23-19(25)13-15-2-6-16(22)7-3-15/h2-9,12H,10-11,13H2,1H3,(H,23,25)/b18-12+. The Bertz CT molecular complexity index is 942. The van der Waals surface area contributed by atoms with Gasteiger partial charge in [0.15, 0.2) is 0 Å². The number of carbonyl (C=O) groups excluding carboxylic acids is 3. The number of rotatable bonds is 7. The molecule has 1 aliphatic heterocycles. The number of ether oxygens (including phenoxy) is 1. The van der Waals surface area contributed by atoms with E-state index in [0.29, 0.717) is 16.2 Å². The zero-order chi connectivity index (χ0) is 20.8. The zero-order valence-electron chi connectivity index (χ0n) is 15.7. The van der Waals surface area contributed by atoms with Crippen LogP contribution in [0.1, 0.15) is 11.1 Å². The maximum Gasteiger partial charge on any atom is 0.293 e. The van der Waals surface area contributed by atoms with E-state index in [9.17, 15) is 18.8 Å². The maximum atomic E-state index is 12.9. The lowest BCUT2D eigenvalue weighted by molar-refractivity contribution is -0.124. The molecule has 0 radical (unpaired) electrons. The normalized spacial score (nSPS) is 15.1. The lowest BCUT2D eigenvalue weighted by atomic mass is 10.1. The van der Waals surface area contributed by atoms with Gasteiger partial charge in [0.05, 0.1) is 18.4 Å². The van der Waals surface area contributed by atoms with Crippen LogP contribution in [0.4, 0.5) is 9.18 Å². The third-order valence-electron chi connectivity index (χ3n) is 4.22. The first-order valence-electron chi connectivity index (χ1n) is 8.87. The van der Waals surface area contributed by atoms with Crippen molar-refractivity contribution in [3.63, 3.8) is 0 Å². The number of hydrogen-bond acceptors (Lipinski definition) is 5. The Hall–Kier alpha value is -3.13. The fraction of sp³-hybridized carbons (Fsp3) is 0.190. The van der Waals surface area contributed by atoms with Crippen LogP contribution in [0.5, 0.6) is 5.75 Å². The minimum atomic E-state index is -0.386. The lowest BCUT2D eigenvalue weighted by Crippen LogP contribution is -2.37. The van der Waals surface area contributed by atoms with Crippen LogP contribution in [0.2, 0.25) is 0 Å². The molecule has 1 fully saturated rings. The van der Waals surface area contributed by atoms with E-state index < -0.39 is 0 Å². The number of benzene rings is 2. The topological polar surface area (TPSA) is 75.7 Å². The van der Waals surface area contributed by atoms with Gasteiger partial charge in [-0.25, -0.2) is 4.39 Å². The minimum absolute atomic E-state index is 0.0831. The molecule has 0 bridgehead atoms. The van der Waals surface area contributed by atoms with Crippen molar-refractivity contribution in [2.75, 3.05) is 20.2 Å². The van der Waals surface area contributed by atoms with E-state index in [4.69, 9.17) is 4.74 Å². The molecule has 29 heavy (non-hydrogen) atoms. The van der Waals surface area contributed by atoms with E-state index in [1.54, 1.807) is 37.5 Å². The van der Waals surface area contributed by atoms with Crippen molar-refractivity contribution in [2.24, 2.45) is 0 Å². The molecule has 0 unspecified atom stereocenters. The van der Waals surface area contributed by atoms with E-state index in [1.807, 2.05) is 0 Å². The lowest BCUT2D eigenvalue weighted by Gasteiger charge is -2.13. The van der Waals surface area contributed by atoms with E-state index in [2.05, 4.69) is 5.32 Å². The Morgan fingerprint density at radius 3 is 2.48 bits per heavy atom. The highest BCUT2D eigenvalue weighted by Gasteiger charge is 2.34. The molecule has 1 N–H and O–H groups in total. The molecule has 1 aliphatic rings. The third kappa shape index (κ3) is 5.45. The largest absolute Gasteiger partial charge is 0.497 e. The van der Waals surface area contributed by atoms with Gasteiger partial charge in [-0.05, 0) is 53.2 Å². The highest BCUT2D eigenvalue weighted by Crippen LogP contribution is 2.32. The second kappa shape index (κ2) is 9.38. The number of amides is 3. The Morgan fingerprint density at radius 1 is 1.14 bits per heavy atom. The quantitative estimate of drug-likeness (QED) is 0.704. The summed E-state index contributed by atoms with van der Waals surface area (Å²) in [5.74, 6) is -0.316. The third-order valence-corrected chi connectivity index (χ3v) is 5.13. The van der Waals surface area contributed by atoms with Gasteiger partial charge in [-0.1, -0.05) is 24.3 Å². The molecule has 6 nitrogen and oxygen atoms in total. The van der Waals surface area contributed by atoms with Crippen molar-refractivity contribution in [2.45, 2.75) is 6.42 Å². The van der Waals surface area contributed by atoms with Gasteiger partial charge in [-0.3, -0.25) is 19.3 Å². The molecule has 0 saturated carbocycles. The summed E-state index contributed by atoms with van der Waals surface area (Å²) in [6, 6.07) is 12.8. The van der Waals surface area contributed by atoms with Crippen LogP contribution < -0.4 is 10.1 Å². The van der Waals surface area contributed by atoms with Crippen LogP contribution in [0.15, 0.2) is 53.4 Å². The fourth-order valence-corrected chi connectivity index (χ4v) is 3.57. The number of hydrogen-bond donors (Lipinski definition) is 1. The number of nitrogens with zero attached hydrogens (tertiary/aromatic N) is 1. The van der Waals surface area contributed by atoms with Gasteiger partial charge in [0.1, 0.15) is 11.6 Å². The second-order valence-corrected chi connectivity index (χ2v) is 7.25. The molecule has 8 heteroatoms. The summed E-state index contributed by atoms with van der Waals surface area (Å²) in [7, 11) is 1.57. The first-order chi connectivity index (χ1) is 14.0. The van der Waals surface area contributed by atoms with E-state index in [1.165, 1.54) is 24.3 Å². The van der Waals surface area contributed by atoms with Crippen LogP contribution in [0, 0.1) is 5.82 Å². The Kier molecular flexibility index (Phi) is 6.66. The molecule has 2 aromatic carbocycles. The van der Waals surface area contributed by atoms with Crippen LogP contribution in [-0.4, -0.2) is 42.2 Å². The van der Waals surface area contributed by atoms with E-state index >= 15 is 0 Å². The predicted molar refractivity (Wildman–Crippen MR) is 109 cm³/mol. The Balaban J connectivity index is 1.52. The van der Waals surface area contributed by atoms with Crippen molar-refractivity contribution in [3.05, 3.63) is 70.4 Å². The molecular weight excluding hydrogens is 395 g/mol. The summed E-state index contributed by atoms with van der Waals surface area (Å²) >= 11 is 0.868. The van der Waals surface area contributed by atoms with Crippen molar-refractivity contribution >= 4 is 34.9 Å². The molecule has 0 aromatic heterocycles. The number of methoxy groups -OCH3 is 1. The average Bonchev–Trinajstić information content (AvgIpc) is 2.97. The minimum Gasteiger partial charge on any atom is -0.497 e. The SMILES string of the molecule is COc1ccc(/C=C2/SC(=O)N(CCNC(=O)Cc3ccc(F)cc3)C2=O)cc1. The summed E-state index contributed by atoms with van der Waals surface area (Å²) in [6.07, 6.45) is 1.75. The maximum absolute atomic E-state index is 12.9. The van der Waals surface area contributed by atoms with Crippen LogP contribution in [-0.2, 0) is 16.0 Å². The monoisotopic (exact) mass is 414 g/mol. The van der Waals surface area contributed by atoms with E-state index in [-0.39, 0.29) is 42.4 Å². The number of carbonyl (C=O) groups is 3. The number of thioether (sulfide) groups is 1. The summed E-state index contributed by atoms with van der Waals surface area (Å²) < 4.78 is 18.0. The number of halogens is 1. The Labute approximate surface area is 171 Å². The van der Waals surface area contributed by atoms with Gasteiger partial charge >= 0.3 is 0 Å². The average molecular weight is 414 g/mol. The molecule has 150 valence electrons. The molecule has 3 rings (SSSR count). The fourth-order valence-electron chi connectivity index (χ4n) is 2.70. The molecule has 1 saturated heterocycles. The molecule has 1 heterocycles. The molecular formula is C21H19FN2O4S. The first kappa shape index (κ1) is 20.6. The van der Waals surface area contributed by atoms with Crippen molar-refractivity contribution in [1.29, 1.82) is 0 Å². The second-order valence-electron chi connectivity index (χ2n) is 6.26. The highest BCUT2D eigenvalue weighted by molar-refractivity contribution is 8.18. The van der Waals surface area contributed by atoms with Gasteiger partial charge in [0.25, 0.3) is 11.1 Å². The van der Waals surface area contributed by atoms with E-state index in [0.717, 1.165) is 22.2 Å². The number of nitrogens with one attached hydrogen (secondary N) is 1. The summed E-state index contributed by atoms with van der Waals surface area (Å²) in [4.78, 5) is 38.0. The summed E-state index contributed by atoms with van der Waals surface area (Å²) in [6.45, 7) is 0.230. The predicted octanol–water partition coefficient (Wildman–Crippen LogP) is 3.23. The van der Waals surface area contributed by atoms with Crippen molar-refractivity contribution in [3.8, 4) is 5.75 Å². The smallest absolute Gasteiger partial charge is 0.293 e. The van der Waals surface area contributed by atoms with Crippen LogP contribution in [0.3, 0.4) is 0 Å². The molecule has 2 aromatic rings. The number of imide groups is 1. The van der Waals surface area contributed by atoms with Gasteiger partial charge in [-0.15, -0.1) is 0 Å². The van der Waals surface area contributed by atoms with Gasteiger partial charge in [0.2, 0.25) is 5.91 Å². The van der Waals surface area contributed by atoms with Crippen molar-refractivity contribution in [1.82, 2.24) is 10.2 Å². The molecule has 0 atom stereocenters. The van der Waals surface area contributed by atoms with Crippen LogP contribution in [0.25, 0.3) is 6.08 Å². The van der Waals surface area contributed by atoms with Gasteiger partial charge < -0.3 is 10.1 Å². The van der Waals surface area contributed by atoms with Gasteiger partial charge in [0, 0.05) is 13.1 Å².